The van der Waals surface area contributed by atoms with Crippen LogP contribution in [0.3, 0.4) is 0 Å². The van der Waals surface area contributed by atoms with Crippen LogP contribution >= 0.6 is 27.5 Å². The number of rotatable bonds is 6. The summed E-state index contributed by atoms with van der Waals surface area (Å²) in [5.74, 6) is 0.850. The molecule has 6 heteroatoms. The van der Waals surface area contributed by atoms with E-state index in [4.69, 9.17) is 16.3 Å². The van der Waals surface area contributed by atoms with E-state index in [-0.39, 0.29) is 22.4 Å². The molecule has 0 saturated heterocycles. The molecule has 0 amide bonds. The minimum Gasteiger partial charge on any atom is -0.485 e. The molecule has 0 saturated carbocycles. The summed E-state index contributed by atoms with van der Waals surface area (Å²) >= 11 is 9.35. The third-order valence-electron chi connectivity index (χ3n) is 2.73. The molecule has 0 aliphatic carbocycles. The van der Waals surface area contributed by atoms with Crippen LogP contribution in [0.15, 0.2) is 18.2 Å². The Morgan fingerprint density at radius 2 is 2.17 bits per heavy atom. The summed E-state index contributed by atoms with van der Waals surface area (Å²) in [5, 5.41) is 11.9. The van der Waals surface area contributed by atoms with Gasteiger partial charge in [0.15, 0.2) is 0 Å². The highest BCUT2D eigenvalue weighted by molar-refractivity contribution is 9.09. The van der Waals surface area contributed by atoms with Gasteiger partial charge in [0.2, 0.25) is 5.75 Å². The van der Waals surface area contributed by atoms with Gasteiger partial charge in [0, 0.05) is 17.3 Å². The van der Waals surface area contributed by atoms with Crippen molar-refractivity contribution in [1.29, 1.82) is 0 Å². The molecule has 1 unspecified atom stereocenters. The average molecular weight is 337 g/mol. The fourth-order valence-corrected chi connectivity index (χ4v) is 2.55. The highest BCUT2D eigenvalue weighted by atomic mass is 79.9. The quantitative estimate of drug-likeness (QED) is 0.442. The minimum absolute atomic E-state index is 0.0976. The van der Waals surface area contributed by atoms with Crippen molar-refractivity contribution in [3.8, 4) is 5.75 Å². The summed E-state index contributed by atoms with van der Waals surface area (Å²) in [6, 6.07) is 4.51. The molecule has 1 rings (SSSR count). The van der Waals surface area contributed by atoms with Gasteiger partial charge in [0.05, 0.1) is 16.6 Å². The largest absolute Gasteiger partial charge is 0.485 e. The van der Waals surface area contributed by atoms with Crippen LogP contribution in [0.2, 0.25) is 5.02 Å². The van der Waals surface area contributed by atoms with E-state index in [1.54, 1.807) is 6.07 Å². The monoisotopic (exact) mass is 335 g/mol. The summed E-state index contributed by atoms with van der Waals surface area (Å²) in [6.07, 6.45) is 0. The summed E-state index contributed by atoms with van der Waals surface area (Å²) in [7, 11) is 0. The van der Waals surface area contributed by atoms with Crippen molar-refractivity contribution in [2.45, 2.75) is 13.8 Å². The van der Waals surface area contributed by atoms with E-state index in [2.05, 4.69) is 29.8 Å². The van der Waals surface area contributed by atoms with Gasteiger partial charge in [0.1, 0.15) is 0 Å². The molecule has 0 heterocycles. The predicted octanol–water partition coefficient (Wildman–Crippen LogP) is 4.29. The van der Waals surface area contributed by atoms with E-state index in [1.165, 1.54) is 12.1 Å². The van der Waals surface area contributed by atoms with Gasteiger partial charge in [-0.05, 0) is 12.0 Å². The maximum atomic E-state index is 10.9. The topological polar surface area (TPSA) is 52.4 Å². The zero-order chi connectivity index (χ0) is 13.7. The number of hydrogen-bond acceptors (Lipinski definition) is 3. The summed E-state index contributed by atoms with van der Waals surface area (Å²) < 4.78 is 5.54. The first-order valence-electron chi connectivity index (χ1n) is 5.59. The Morgan fingerprint density at radius 1 is 1.50 bits per heavy atom. The van der Waals surface area contributed by atoms with E-state index in [0.29, 0.717) is 12.5 Å². The molecule has 0 spiro atoms. The van der Waals surface area contributed by atoms with Crippen LogP contribution in [0.1, 0.15) is 13.8 Å². The molecule has 0 radical (unpaired) electrons. The first kappa shape index (κ1) is 15.2. The van der Waals surface area contributed by atoms with Gasteiger partial charge < -0.3 is 4.74 Å². The second-order valence-electron chi connectivity index (χ2n) is 4.31. The number of ether oxygens (including phenoxy) is 1. The Kier molecular flexibility index (Phi) is 5.88. The van der Waals surface area contributed by atoms with Crippen molar-refractivity contribution < 1.29 is 9.66 Å². The van der Waals surface area contributed by atoms with Gasteiger partial charge in [-0.15, -0.1) is 0 Å². The fraction of sp³-hybridized carbons (Fsp3) is 0.500. The number of nitro benzene ring substituents is 1. The molecule has 0 aliphatic rings. The number of benzene rings is 1. The Morgan fingerprint density at radius 3 is 2.67 bits per heavy atom. The molecule has 0 aromatic heterocycles. The van der Waals surface area contributed by atoms with E-state index >= 15 is 0 Å². The highest BCUT2D eigenvalue weighted by Gasteiger charge is 2.20. The van der Waals surface area contributed by atoms with E-state index in [0.717, 1.165) is 5.33 Å². The smallest absolute Gasteiger partial charge is 0.312 e. The predicted molar refractivity (Wildman–Crippen MR) is 75.7 cm³/mol. The van der Waals surface area contributed by atoms with E-state index in [9.17, 15) is 10.1 Å². The SMILES string of the molecule is CC(C)C(CBr)COc1c(Cl)cccc1[N+](=O)[O-]. The third-order valence-corrected chi connectivity index (χ3v) is 3.85. The molecular weight excluding hydrogens is 321 g/mol. The van der Waals surface area contributed by atoms with Crippen molar-refractivity contribution in [2.24, 2.45) is 11.8 Å². The number of para-hydroxylation sites is 1. The summed E-state index contributed by atoms with van der Waals surface area (Å²) in [5.41, 5.74) is -0.0976. The van der Waals surface area contributed by atoms with Crippen molar-refractivity contribution >= 4 is 33.2 Å². The molecule has 1 aromatic rings. The van der Waals surface area contributed by atoms with Gasteiger partial charge in [-0.2, -0.15) is 0 Å². The Labute approximate surface area is 120 Å². The van der Waals surface area contributed by atoms with Crippen molar-refractivity contribution in [3.05, 3.63) is 33.3 Å². The molecule has 18 heavy (non-hydrogen) atoms. The number of alkyl halides is 1. The standard InChI is InChI=1S/C12H15BrClNO3/c1-8(2)9(6-13)7-18-12-10(14)4-3-5-11(12)15(16)17/h3-5,8-9H,6-7H2,1-2H3. The minimum atomic E-state index is -0.486. The molecule has 0 bridgehead atoms. The number of nitro groups is 1. The van der Waals surface area contributed by atoms with Crippen LogP contribution in [-0.4, -0.2) is 16.9 Å². The maximum absolute atomic E-state index is 10.9. The zero-order valence-corrected chi connectivity index (χ0v) is 12.6. The molecule has 1 aromatic carbocycles. The summed E-state index contributed by atoms with van der Waals surface area (Å²) in [6.45, 7) is 4.56. The lowest BCUT2D eigenvalue weighted by atomic mass is 9.99. The Hall–Kier alpha value is -0.810. The third kappa shape index (κ3) is 3.85. The average Bonchev–Trinajstić information content (AvgIpc) is 2.30. The van der Waals surface area contributed by atoms with Crippen LogP contribution < -0.4 is 4.74 Å². The van der Waals surface area contributed by atoms with Gasteiger partial charge in [-0.1, -0.05) is 47.4 Å². The van der Waals surface area contributed by atoms with Crippen molar-refractivity contribution in [3.63, 3.8) is 0 Å². The van der Waals surface area contributed by atoms with Gasteiger partial charge in [-0.3, -0.25) is 10.1 Å². The second-order valence-corrected chi connectivity index (χ2v) is 5.37. The van der Waals surface area contributed by atoms with Crippen LogP contribution in [0, 0.1) is 22.0 Å². The lowest BCUT2D eigenvalue weighted by Gasteiger charge is -2.19. The van der Waals surface area contributed by atoms with Crippen molar-refractivity contribution in [2.75, 3.05) is 11.9 Å². The van der Waals surface area contributed by atoms with Crippen molar-refractivity contribution in [1.82, 2.24) is 0 Å². The number of hydrogen-bond donors (Lipinski definition) is 0. The summed E-state index contributed by atoms with van der Waals surface area (Å²) in [4.78, 5) is 10.4. The molecule has 1 atom stereocenters. The lowest BCUT2D eigenvalue weighted by molar-refractivity contribution is -0.385. The fourth-order valence-electron chi connectivity index (χ4n) is 1.39. The van der Waals surface area contributed by atoms with E-state index < -0.39 is 4.92 Å². The number of nitrogens with zero attached hydrogens (tertiary/aromatic N) is 1. The molecule has 100 valence electrons. The molecular formula is C12H15BrClNO3. The second kappa shape index (κ2) is 6.95. The maximum Gasteiger partial charge on any atom is 0.312 e. The number of halogens is 2. The molecule has 0 fully saturated rings. The Balaban J connectivity index is 2.87. The molecule has 0 N–H and O–H groups in total. The van der Waals surface area contributed by atoms with Crippen LogP contribution in [0.4, 0.5) is 5.69 Å². The van der Waals surface area contributed by atoms with Crippen LogP contribution in [-0.2, 0) is 0 Å². The molecule has 0 aliphatic heterocycles. The first-order valence-corrected chi connectivity index (χ1v) is 7.09. The highest BCUT2D eigenvalue weighted by Crippen LogP contribution is 2.35. The normalized spacial score (nSPS) is 12.5. The lowest BCUT2D eigenvalue weighted by Crippen LogP contribution is -2.19. The first-order chi connectivity index (χ1) is 8.47. The van der Waals surface area contributed by atoms with Gasteiger partial charge in [0.25, 0.3) is 0 Å². The van der Waals surface area contributed by atoms with Crippen LogP contribution in [0.25, 0.3) is 0 Å². The zero-order valence-electron chi connectivity index (χ0n) is 10.2. The molecule has 4 nitrogen and oxygen atoms in total. The van der Waals surface area contributed by atoms with Gasteiger partial charge >= 0.3 is 5.69 Å². The van der Waals surface area contributed by atoms with E-state index in [1.807, 2.05) is 0 Å². The van der Waals surface area contributed by atoms with Gasteiger partial charge in [-0.25, -0.2) is 0 Å². The van der Waals surface area contributed by atoms with Crippen LogP contribution in [0.5, 0.6) is 5.75 Å². The Bertz CT molecular complexity index is 426.